The summed E-state index contributed by atoms with van der Waals surface area (Å²) in [5.41, 5.74) is 1.17. The minimum atomic E-state index is 0.899. The van der Waals surface area contributed by atoms with Gasteiger partial charge in [-0.05, 0) is 39.8 Å². The summed E-state index contributed by atoms with van der Waals surface area (Å²) in [5.74, 6) is 0. The third-order valence-electron chi connectivity index (χ3n) is 2.16. The summed E-state index contributed by atoms with van der Waals surface area (Å²) in [6.07, 6.45) is 0. The normalized spacial score (nSPS) is 11.1. The van der Waals surface area contributed by atoms with E-state index in [1.54, 1.807) is 23.1 Å². The van der Waals surface area contributed by atoms with Crippen LogP contribution in [0.2, 0.25) is 0 Å². The minimum absolute atomic E-state index is 0.899. The van der Waals surface area contributed by atoms with Crippen LogP contribution < -0.4 is 0 Å². The molecule has 0 atom stereocenters. The van der Waals surface area contributed by atoms with Crippen LogP contribution in [0.5, 0.6) is 0 Å². The number of hydrogen-bond donors (Lipinski definition) is 1. The predicted molar refractivity (Wildman–Crippen MR) is 72.2 cm³/mol. The maximum atomic E-state index is 4.35. The number of rotatable bonds is 2. The maximum absolute atomic E-state index is 4.35. The molecule has 2 heterocycles. The molecule has 0 aliphatic heterocycles. The van der Waals surface area contributed by atoms with Gasteiger partial charge in [0.25, 0.3) is 0 Å². The molecule has 0 amide bonds. The van der Waals surface area contributed by atoms with Crippen molar-refractivity contribution in [1.82, 2.24) is 9.97 Å². The third-order valence-corrected chi connectivity index (χ3v) is 4.75. The highest BCUT2D eigenvalue weighted by Crippen LogP contribution is 2.32. The molecule has 0 bridgehead atoms. The van der Waals surface area contributed by atoms with Crippen LogP contribution in [0.1, 0.15) is 0 Å². The predicted octanol–water partition coefficient (Wildman–Crippen LogP) is 4.54. The average Bonchev–Trinajstić information content (AvgIpc) is 2.84. The Morgan fingerprint density at radius 3 is 2.94 bits per heavy atom. The van der Waals surface area contributed by atoms with E-state index in [1.165, 1.54) is 10.9 Å². The molecule has 5 heteroatoms. The number of hydrogen-bond acceptors (Lipinski definition) is 3. The van der Waals surface area contributed by atoms with Gasteiger partial charge < -0.3 is 4.98 Å². The largest absolute Gasteiger partial charge is 0.349 e. The summed E-state index contributed by atoms with van der Waals surface area (Å²) in [6.45, 7) is 0. The first-order valence-corrected chi connectivity index (χ1v) is 7.17. The number of H-pyrrole nitrogens is 1. The fourth-order valence-electron chi connectivity index (χ4n) is 1.48. The Balaban J connectivity index is 1.95. The Kier molecular flexibility index (Phi) is 2.75. The van der Waals surface area contributed by atoms with Crippen LogP contribution in [0.3, 0.4) is 0 Å². The Labute approximate surface area is 109 Å². The molecule has 2 nitrogen and oxygen atoms in total. The van der Waals surface area contributed by atoms with Crippen LogP contribution in [-0.2, 0) is 0 Å². The van der Waals surface area contributed by atoms with Crippen LogP contribution in [-0.4, -0.2) is 9.97 Å². The molecule has 0 fully saturated rings. The van der Waals surface area contributed by atoms with Gasteiger partial charge in [0.05, 0.1) is 5.03 Å². The van der Waals surface area contributed by atoms with E-state index in [-0.39, 0.29) is 0 Å². The van der Waals surface area contributed by atoms with Crippen LogP contribution in [0.4, 0.5) is 0 Å². The first-order chi connectivity index (χ1) is 7.81. The highest BCUT2D eigenvalue weighted by atomic mass is 79.9. The van der Waals surface area contributed by atoms with E-state index in [0.29, 0.717) is 0 Å². The second-order valence-electron chi connectivity index (χ2n) is 3.26. The lowest BCUT2D eigenvalue weighted by atomic mass is 10.3. The number of thiazole rings is 1. The average molecular weight is 311 g/mol. The molecule has 2 aromatic heterocycles. The zero-order chi connectivity index (χ0) is 11.0. The van der Waals surface area contributed by atoms with Gasteiger partial charge in [0, 0.05) is 16.3 Å². The number of halogens is 1. The topological polar surface area (TPSA) is 28.7 Å². The number of fused-ring (bicyclic) bond motifs is 1. The second-order valence-corrected chi connectivity index (χ2v) is 6.22. The fraction of sp³-hybridized carbons (Fsp3) is 0. The highest BCUT2D eigenvalue weighted by molar-refractivity contribution is 9.10. The first-order valence-electron chi connectivity index (χ1n) is 4.68. The minimum Gasteiger partial charge on any atom is -0.349 e. The summed E-state index contributed by atoms with van der Waals surface area (Å²) in [5, 5.41) is 4.36. The summed E-state index contributed by atoms with van der Waals surface area (Å²) in [4.78, 5) is 7.72. The van der Waals surface area contributed by atoms with Gasteiger partial charge in [-0.3, -0.25) is 0 Å². The zero-order valence-electron chi connectivity index (χ0n) is 8.11. The van der Waals surface area contributed by atoms with Crippen molar-refractivity contribution in [2.75, 3.05) is 0 Å². The number of nitrogens with one attached hydrogen (secondary N) is 1. The van der Waals surface area contributed by atoms with E-state index >= 15 is 0 Å². The molecule has 0 saturated carbocycles. The Bertz CT molecular complexity index is 596. The monoisotopic (exact) mass is 310 g/mol. The molecule has 0 aliphatic carbocycles. The van der Waals surface area contributed by atoms with Gasteiger partial charge in [0.15, 0.2) is 4.34 Å². The van der Waals surface area contributed by atoms with Crippen molar-refractivity contribution >= 4 is 49.9 Å². The van der Waals surface area contributed by atoms with Crippen molar-refractivity contribution in [3.05, 3.63) is 40.3 Å². The SMILES string of the molecule is Brc1csc(Sc2cc3ccccc3[nH]2)n1. The van der Waals surface area contributed by atoms with Gasteiger partial charge in [-0.1, -0.05) is 18.2 Å². The lowest BCUT2D eigenvalue weighted by molar-refractivity contribution is 1.18. The summed E-state index contributed by atoms with van der Waals surface area (Å²) in [7, 11) is 0. The van der Waals surface area contributed by atoms with E-state index in [9.17, 15) is 0 Å². The van der Waals surface area contributed by atoms with Crippen molar-refractivity contribution in [3.63, 3.8) is 0 Å². The van der Waals surface area contributed by atoms with Gasteiger partial charge in [0.1, 0.15) is 4.60 Å². The Morgan fingerprint density at radius 1 is 1.31 bits per heavy atom. The van der Waals surface area contributed by atoms with Crippen molar-refractivity contribution < 1.29 is 0 Å². The molecule has 1 N–H and O–H groups in total. The fourth-order valence-corrected chi connectivity index (χ4v) is 3.86. The van der Waals surface area contributed by atoms with Crippen LogP contribution in [0, 0.1) is 0 Å². The first kappa shape index (κ1) is 10.4. The standard InChI is InChI=1S/C11H7BrN2S2/c12-9-6-15-11(14-9)16-10-5-7-3-1-2-4-8(7)13-10/h1-6,13H. The van der Waals surface area contributed by atoms with Gasteiger partial charge in [-0.2, -0.15) is 0 Å². The molecule has 0 aliphatic rings. The molecule has 3 aromatic rings. The van der Waals surface area contributed by atoms with Crippen molar-refractivity contribution in [2.45, 2.75) is 9.37 Å². The second kappa shape index (κ2) is 4.24. The van der Waals surface area contributed by atoms with E-state index < -0.39 is 0 Å². The van der Waals surface area contributed by atoms with Crippen LogP contribution in [0.25, 0.3) is 10.9 Å². The summed E-state index contributed by atoms with van der Waals surface area (Å²) >= 11 is 6.65. The summed E-state index contributed by atoms with van der Waals surface area (Å²) in [6, 6.07) is 10.4. The molecular formula is C11H7BrN2S2. The number of aromatic nitrogens is 2. The van der Waals surface area contributed by atoms with Crippen LogP contribution in [0.15, 0.2) is 49.7 Å². The molecule has 0 radical (unpaired) electrons. The smallest absolute Gasteiger partial charge is 0.157 e. The molecule has 0 saturated heterocycles. The lowest BCUT2D eigenvalue weighted by Gasteiger charge is -1.90. The highest BCUT2D eigenvalue weighted by Gasteiger charge is 2.05. The van der Waals surface area contributed by atoms with E-state index in [1.807, 2.05) is 17.5 Å². The quantitative estimate of drug-likeness (QED) is 0.753. The van der Waals surface area contributed by atoms with E-state index in [0.717, 1.165) is 14.0 Å². The maximum Gasteiger partial charge on any atom is 0.157 e. The van der Waals surface area contributed by atoms with Crippen molar-refractivity contribution in [3.8, 4) is 0 Å². The molecule has 16 heavy (non-hydrogen) atoms. The van der Waals surface area contributed by atoms with Gasteiger partial charge in [-0.15, -0.1) is 11.3 Å². The Hall–Kier alpha value is -0.780. The van der Waals surface area contributed by atoms with Gasteiger partial charge in [-0.25, -0.2) is 4.98 Å². The van der Waals surface area contributed by atoms with Crippen molar-refractivity contribution in [1.29, 1.82) is 0 Å². The van der Waals surface area contributed by atoms with E-state index in [4.69, 9.17) is 0 Å². The number of para-hydroxylation sites is 1. The van der Waals surface area contributed by atoms with Gasteiger partial charge in [0.2, 0.25) is 0 Å². The summed E-state index contributed by atoms with van der Waals surface area (Å²) < 4.78 is 1.94. The molecule has 80 valence electrons. The Morgan fingerprint density at radius 2 is 2.19 bits per heavy atom. The number of nitrogens with zero attached hydrogens (tertiary/aromatic N) is 1. The molecule has 1 aromatic carbocycles. The van der Waals surface area contributed by atoms with Crippen LogP contribution >= 0.6 is 39.0 Å². The van der Waals surface area contributed by atoms with Crippen molar-refractivity contribution in [2.24, 2.45) is 0 Å². The third kappa shape index (κ3) is 2.03. The molecule has 0 spiro atoms. The zero-order valence-corrected chi connectivity index (χ0v) is 11.3. The lowest BCUT2D eigenvalue weighted by Crippen LogP contribution is -1.70. The van der Waals surface area contributed by atoms with Gasteiger partial charge >= 0.3 is 0 Å². The number of aromatic amines is 1. The van der Waals surface area contributed by atoms with E-state index in [2.05, 4.69) is 44.1 Å². The number of benzene rings is 1. The molecule has 3 rings (SSSR count). The molecule has 0 unspecified atom stereocenters. The molecular weight excluding hydrogens is 304 g/mol.